The Morgan fingerprint density at radius 2 is 2.38 bits per heavy atom. The summed E-state index contributed by atoms with van der Waals surface area (Å²) in [7, 11) is 0. The van der Waals surface area contributed by atoms with Gasteiger partial charge in [-0.05, 0) is 26.2 Å². The van der Waals surface area contributed by atoms with Crippen molar-refractivity contribution in [3.8, 4) is 0 Å². The van der Waals surface area contributed by atoms with Crippen molar-refractivity contribution in [1.82, 2.24) is 10.2 Å². The maximum Gasteiger partial charge on any atom is 0.324 e. The predicted molar refractivity (Wildman–Crippen MR) is 59.1 cm³/mol. The number of quaternary nitrogens is 1. The Balaban J connectivity index is 1.88. The fraction of sp³-hybridized carbons (Fsp3) is 0.818. The Morgan fingerprint density at radius 1 is 1.56 bits per heavy atom. The monoisotopic (exact) mass is 226 g/mol. The third kappa shape index (κ3) is 2.35. The van der Waals surface area contributed by atoms with E-state index in [4.69, 9.17) is 0 Å². The third-order valence-electron chi connectivity index (χ3n) is 3.62. The summed E-state index contributed by atoms with van der Waals surface area (Å²) in [5.41, 5.74) is 0. The first-order chi connectivity index (χ1) is 7.68. The number of hydrogen-bond donors (Lipinski definition) is 2. The molecule has 0 aromatic heterocycles. The van der Waals surface area contributed by atoms with E-state index in [1.54, 1.807) is 0 Å². The number of hydrogen-bond acceptors (Lipinski definition) is 2. The third-order valence-corrected chi connectivity index (χ3v) is 3.62. The number of rotatable bonds is 2. The molecule has 90 valence electrons. The summed E-state index contributed by atoms with van der Waals surface area (Å²) in [5.74, 6) is -0.0289. The van der Waals surface area contributed by atoms with E-state index in [0.717, 1.165) is 6.54 Å². The summed E-state index contributed by atoms with van der Waals surface area (Å²) in [5, 5.41) is 2.66. The molecule has 0 radical (unpaired) electrons. The van der Waals surface area contributed by atoms with Gasteiger partial charge in [-0.15, -0.1) is 0 Å². The summed E-state index contributed by atoms with van der Waals surface area (Å²) in [6.07, 6.45) is 3.65. The minimum atomic E-state index is -0.228. The van der Waals surface area contributed by atoms with E-state index in [0.29, 0.717) is 25.7 Å². The summed E-state index contributed by atoms with van der Waals surface area (Å²) >= 11 is 0. The first kappa shape index (κ1) is 11.4. The number of carbonyl (C=O) groups excluding carboxylic acids is 2. The summed E-state index contributed by atoms with van der Waals surface area (Å²) in [6, 6.07) is 0.317. The van der Waals surface area contributed by atoms with Crippen molar-refractivity contribution in [2.24, 2.45) is 0 Å². The second-order valence-electron chi connectivity index (χ2n) is 4.76. The lowest BCUT2D eigenvalue weighted by Gasteiger charge is -2.30. The van der Waals surface area contributed by atoms with E-state index in [1.165, 1.54) is 29.1 Å². The van der Waals surface area contributed by atoms with E-state index in [2.05, 4.69) is 12.2 Å². The van der Waals surface area contributed by atoms with Crippen LogP contribution in [0.2, 0.25) is 0 Å². The van der Waals surface area contributed by atoms with Crippen molar-refractivity contribution in [2.45, 2.75) is 32.2 Å². The largest absolute Gasteiger partial charge is 0.336 e. The molecule has 5 heteroatoms. The van der Waals surface area contributed by atoms with Gasteiger partial charge in [-0.1, -0.05) is 0 Å². The minimum Gasteiger partial charge on any atom is -0.336 e. The standard InChI is InChI=1S/C11H19N3O2/c1-9-4-2-3-6-13(9)8-10(15)14-7-5-12-11(14)16/h9H,2-8H2,1H3,(H,12,16)/p+1/t9-/m1/s1. The second kappa shape index (κ2) is 4.82. The van der Waals surface area contributed by atoms with Gasteiger partial charge in [0.2, 0.25) is 0 Å². The van der Waals surface area contributed by atoms with Gasteiger partial charge in [0.25, 0.3) is 5.91 Å². The molecule has 1 unspecified atom stereocenters. The van der Waals surface area contributed by atoms with Crippen molar-refractivity contribution in [1.29, 1.82) is 0 Å². The molecule has 16 heavy (non-hydrogen) atoms. The maximum atomic E-state index is 11.9. The summed E-state index contributed by atoms with van der Waals surface area (Å²) in [4.78, 5) is 25.9. The van der Waals surface area contributed by atoms with Gasteiger partial charge >= 0.3 is 6.03 Å². The van der Waals surface area contributed by atoms with Gasteiger partial charge in [-0.25, -0.2) is 4.79 Å². The van der Waals surface area contributed by atoms with Crippen molar-refractivity contribution >= 4 is 11.9 Å². The van der Waals surface area contributed by atoms with Crippen LogP contribution in [0.4, 0.5) is 4.79 Å². The molecule has 2 aliphatic heterocycles. The van der Waals surface area contributed by atoms with Gasteiger partial charge in [0, 0.05) is 13.1 Å². The molecule has 2 fully saturated rings. The molecule has 0 aromatic carbocycles. The van der Waals surface area contributed by atoms with Gasteiger partial charge in [-0.3, -0.25) is 9.69 Å². The van der Waals surface area contributed by atoms with Crippen LogP contribution < -0.4 is 10.2 Å². The molecular weight excluding hydrogens is 206 g/mol. The van der Waals surface area contributed by atoms with Crippen LogP contribution in [0.25, 0.3) is 0 Å². The van der Waals surface area contributed by atoms with E-state index in [-0.39, 0.29) is 11.9 Å². The Morgan fingerprint density at radius 3 is 3.00 bits per heavy atom. The summed E-state index contributed by atoms with van der Waals surface area (Å²) in [6.45, 7) is 4.83. The predicted octanol–water partition coefficient (Wildman–Crippen LogP) is -1.00. The zero-order valence-corrected chi connectivity index (χ0v) is 9.79. The highest BCUT2D eigenvalue weighted by molar-refractivity contribution is 5.96. The molecular formula is C11H20N3O2+. The Hall–Kier alpha value is -1.10. The van der Waals surface area contributed by atoms with Crippen LogP contribution in [-0.2, 0) is 4.79 Å². The van der Waals surface area contributed by atoms with Crippen LogP contribution in [0.1, 0.15) is 26.2 Å². The van der Waals surface area contributed by atoms with Crippen molar-refractivity contribution in [3.63, 3.8) is 0 Å². The molecule has 2 aliphatic rings. The van der Waals surface area contributed by atoms with E-state index >= 15 is 0 Å². The minimum absolute atomic E-state index is 0.0289. The highest BCUT2D eigenvalue weighted by Gasteiger charge is 2.31. The molecule has 2 saturated heterocycles. The SMILES string of the molecule is C[C@@H]1CCCC[NH+]1CC(=O)N1CCNC1=O. The number of urea groups is 1. The van der Waals surface area contributed by atoms with Crippen molar-refractivity contribution < 1.29 is 14.5 Å². The molecule has 2 rings (SSSR count). The van der Waals surface area contributed by atoms with Crippen LogP contribution in [0, 0.1) is 0 Å². The first-order valence-corrected chi connectivity index (χ1v) is 6.11. The highest BCUT2D eigenvalue weighted by Crippen LogP contribution is 2.02. The smallest absolute Gasteiger partial charge is 0.324 e. The Bertz CT molecular complexity index is 293. The lowest BCUT2D eigenvalue weighted by atomic mass is 10.0. The average Bonchev–Trinajstić information content (AvgIpc) is 2.68. The van der Waals surface area contributed by atoms with E-state index in [9.17, 15) is 9.59 Å². The molecule has 2 heterocycles. The average molecular weight is 226 g/mol. The molecule has 3 amide bonds. The Labute approximate surface area is 95.8 Å². The lowest BCUT2D eigenvalue weighted by Crippen LogP contribution is -3.17. The van der Waals surface area contributed by atoms with Crippen molar-refractivity contribution in [2.75, 3.05) is 26.2 Å². The number of imide groups is 1. The zero-order chi connectivity index (χ0) is 11.5. The number of nitrogens with one attached hydrogen (secondary N) is 2. The number of piperidine rings is 1. The van der Waals surface area contributed by atoms with Gasteiger partial charge < -0.3 is 10.2 Å². The highest BCUT2D eigenvalue weighted by atomic mass is 16.2. The van der Waals surface area contributed by atoms with Gasteiger partial charge in [0.1, 0.15) is 0 Å². The quantitative estimate of drug-likeness (QED) is 0.634. The Kier molecular flexibility index (Phi) is 3.43. The zero-order valence-electron chi connectivity index (χ0n) is 9.79. The number of amides is 3. The molecule has 0 aromatic rings. The molecule has 2 N–H and O–H groups in total. The first-order valence-electron chi connectivity index (χ1n) is 6.11. The fourth-order valence-electron chi connectivity index (χ4n) is 2.51. The molecule has 0 aliphatic carbocycles. The van der Waals surface area contributed by atoms with Crippen molar-refractivity contribution in [3.05, 3.63) is 0 Å². The van der Waals surface area contributed by atoms with Gasteiger partial charge in [0.05, 0.1) is 12.6 Å². The summed E-state index contributed by atoms with van der Waals surface area (Å²) < 4.78 is 0. The second-order valence-corrected chi connectivity index (χ2v) is 4.76. The van der Waals surface area contributed by atoms with Crippen LogP contribution in [-0.4, -0.2) is 49.1 Å². The van der Waals surface area contributed by atoms with Gasteiger partial charge in [0.15, 0.2) is 6.54 Å². The van der Waals surface area contributed by atoms with Crippen LogP contribution in [0.3, 0.4) is 0 Å². The van der Waals surface area contributed by atoms with Crippen LogP contribution in [0.15, 0.2) is 0 Å². The van der Waals surface area contributed by atoms with Crippen LogP contribution in [0.5, 0.6) is 0 Å². The molecule has 0 spiro atoms. The van der Waals surface area contributed by atoms with Gasteiger partial charge in [-0.2, -0.15) is 0 Å². The van der Waals surface area contributed by atoms with Crippen LogP contribution >= 0.6 is 0 Å². The number of carbonyl (C=O) groups is 2. The molecule has 2 atom stereocenters. The molecule has 5 nitrogen and oxygen atoms in total. The molecule has 0 saturated carbocycles. The number of nitrogens with zero attached hydrogens (tertiary/aromatic N) is 1. The van der Waals surface area contributed by atoms with E-state index in [1.807, 2.05) is 0 Å². The normalized spacial score (nSPS) is 30.3. The lowest BCUT2D eigenvalue weighted by molar-refractivity contribution is -0.921. The maximum absolute atomic E-state index is 11.9. The molecule has 0 bridgehead atoms. The van der Waals surface area contributed by atoms with E-state index < -0.39 is 0 Å². The number of likely N-dealkylation sites (tertiary alicyclic amines) is 1. The fourth-order valence-corrected chi connectivity index (χ4v) is 2.51. The topological polar surface area (TPSA) is 53.9 Å².